The van der Waals surface area contributed by atoms with Crippen LogP contribution in [0, 0.1) is 0 Å². The molecule has 0 fully saturated rings. The summed E-state index contributed by atoms with van der Waals surface area (Å²) >= 11 is 13.2. The zero-order valence-electron chi connectivity index (χ0n) is 23.5. The predicted molar refractivity (Wildman–Crippen MR) is 162 cm³/mol. The Hall–Kier alpha value is -3.17. The van der Waals surface area contributed by atoms with Gasteiger partial charge in [-0.05, 0) is 47.7 Å². The zero-order valence-corrected chi connectivity index (χ0v) is 25.1. The van der Waals surface area contributed by atoms with Gasteiger partial charge >= 0.3 is 5.97 Å². The fourth-order valence-corrected chi connectivity index (χ4v) is 5.62. The lowest BCUT2D eigenvalue weighted by molar-refractivity contribution is -0.139. The van der Waals surface area contributed by atoms with Gasteiger partial charge in [-0.1, -0.05) is 35.3 Å². The number of aliphatic hydroxyl groups excluding tert-OH is 3. The summed E-state index contributed by atoms with van der Waals surface area (Å²) in [5.41, 5.74) is 7.70. The highest BCUT2D eigenvalue weighted by atomic mass is 35.5. The maximum atomic E-state index is 13.2. The number of hydrogen-bond acceptors (Lipinski definition) is 9. The van der Waals surface area contributed by atoms with Crippen molar-refractivity contribution < 1.29 is 35.1 Å². The number of aliphatic carboxylic acids is 1. The Morgan fingerprint density at radius 2 is 1.88 bits per heavy atom. The van der Waals surface area contributed by atoms with Crippen molar-refractivity contribution in [1.82, 2.24) is 20.4 Å². The van der Waals surface area contributed by atoms with E-state index in [0.29, 0.717) is 38.0 Å². The van der Waals surface area contributed by atoms with Crippen LogP contribution < -0.4 is 16.4 Å². The van der Waals surface area contributed by atoms with E-state index in [9.17, 15) is 35.1 Å². The molecular weight excluding hydrogens is 603 g/mol. The number of nitrogens with one attached hydrogen (secondary N) is 2. The number of aromatic hydroxyl groups is 1. The summed E-state index contributed by atoms with van der Waals surface area (Å²) in [5, 5.41) is 54.1. The number of amides is 1. The highest BCUT2D eigenvalue weighted by molar-refractivity contribution is 6.40. The molecule has 236 valence electrons. The minimum Gasteiger partial charge on any atom is -0.508 e. The Balaban J connectivity index is 1.68. The van der Waals surface area contributed by atoms with Crippen molar-refractivity contribution in [3.05, 3.63) is 62.6 Å². The molecule has 0 spiro atoms. The molecular formula is C28H38Cl2N6O7. The van der Waals surface area contributed by atoms with E-state index in [0.717, 1.165) is 11.1 Å². The number of fused-ring (bicyclic) bond motifs is 1. The molecule has 2 aromatic rings. The monoisotopic (exact) mass is 640 g/mol. The van der Waals surface area contributed by atoms with Crippen molar-refractivity contribution in [1.29, 1.82) is 0 Å². The number of carbonyl (C=O) groups excluding carboxylic acids is 1. The predicted octanol–water partition coefficient (Wildman–Crippen LogP) is 0.512. The molecule has 1 aliphatic heterocycles. The second-order valence-electron chi connectivity index (χ2n) is 9.95. The molecule has 2 aromatic carbocycles. The summed E-state index contributed by atoms with van der Waals surface area (Å²) in [7, 11) is 0. The van der Waals surface area contributed by atoms with Gasteiger partial charge < -0.3 is 46.8 Å². The van der Waals surface area contributed by atoms with E-state index in [1.54, 1.807) is 24.3 Å². The molecule has 9 N–H and O–H groups in total. The molecule has 0 aromatic heterocycles. The average molecular weight is 642 g/mol. The number of rotatable bonds is 14. The van der Waals surface area contributed by atoms with Gasteiger partial charge in [0.05, 0.1) is 41.6 Å². The third kappa shape index (κ3) is 9.41. The van der Waals surface area contributed by atoms with Crippen LogP contribution in [0.1, 0.15) is 39.6 Å². The summed E-state index contributed by atoms with van der Waals surface area (Å²) < 4.78 is 0. The van der Waals surface area contributed by atoms with Crippen LogP contribution in [0.2, 0.25) is 10.0 Å². The lowest BCUT2D eigenvalue weighted by Gasteiger charge is -2.31. The van der Waals surface area contributed by atoms with Crippen LogP contribution in [0.25, 0.3) is 0 Å². The number of aliphatic hydroxyl groups is 3. The highest BCUT2D eigenvalue weighted by Gasteiger charge is 2.29. The molecule has 13 nitrogen and oxygen atoms in total. The molecule has 43 heavy (non-hydrogen) atoms. The Morgan fingerprint density at radius 1 is 1.16 bits per heavy atom. The summed E-state index contributed by atoms with van der Waals surface area (Å²) in [6.45, 7) is 1.03. The second kappa shape index (κ2) is 16.6. The summed E-state index contributed by atoms with van der Waals surface area (Å²) in [6, 6.07) is 6.75. The van der Waals surface area contributed by atoms with Crippen LogP contribution in [-0.4, -0.2) is 112 Å². The summed E-state index contributed by atoms with van der Waals surface area (Å²) in [5.74, 6) is -1.83. The first-order valence-corrected chi connectivity index (χ1v) is 14.5. The van der Waals surface area contributed by atoms with E-state index >= 15 is 0 Å². The number of phenolic OH excluding ortho intramolecular Hbond substituents is 1. The van der Waals surface area contributed by atoms with Gasteiger partial charge in [-0.15, -0.1) is 0 Å². The third-order valence-corrected chi connectivity index (χ3v) is 7.75. The van der Waals surface area contributed by atoms with E-state index in [1.807, 2.05) is 0 Å². The van der Waals surface area contributed by atoms with Gasteiger partial charge in [0, 0.05) is 39.3 Å². The van der Waals surface area contributed by atoms with E-state index in [2.05, 4.69) is 20.5 Å². The molecule has 1 unspecified atom stereocenters. The molecule has 0 bridgehead atoms. The quantitative estimate of drug-likeness (QED) is 0.105. The van der Waals surface area contributed by atoms with Crippen molar-refractivity contribution in [3.8, 4) is 5.75 Å². The number of carboxylic acid groups (broad SMARTS) is 1. The number of aliphatic imine (C=N–C) groups is 1. The van der Waals surface area contributed by atoms with Crippen molar-refractivity contribution >= 4 is 41.0 Å². The molecule has 0 aliphatic carbocycles. The lowest BCUT2D eigenvalue weighted by atomic mass is 9.96. The van der Waals surface area contributed by atoms with Crippen molar-refractivity contribution in [2.24, 2.45) is 10.7 Å². The highest BCUT2D eigenvalue weighted by Crippen LogP contribution is 2.35. The average Bonchev–Trinajstić information content (AvgIpc) is 2.96. The number of nitrogens with zero attached hydrogens (tertiary/aromatic N) is 3. The minimum absolute atomic E-state index is 0.0286. The van der Waals surface area contributed by atoms with E-state index in [-0.39, 0.29) is 66.8 Å². The Morgan fingerprint density at radius 3 is 2.51 bits per heavy atom. The molecule has 1 heterocycles. The smallest absolute Gasteiger partial charge is 0.328 e. The Bertz CT molecular complexity index is 1290. The first kappa shape index (κ1) is 34.3. The van der Waals surface area contributed by atoms with Crippen molar-refractivity contribution in [3.63, 3.8) is 0 Å². The number of carboxylic acids is 1. The van der Waals surface area contributed by atoms with Crippen LogP contribution >= 0.6 is 23.2 Å². The van der Waals surface area contributed by atoms with E-state index < -0.39 is 24.0 Å². The standard InChI is InChI=1S/C28H38Cl2N6O7/c29-21-13-18-15-35(7-5-23(40)17-2-1-3-19(39)12-17)6-4-20(18)25(30)24(21)26(41)34-22(27(42)43)14-32-28(33-16-31)36(8-10-37)9-11-38/h1-3,12-13,22-23,37-40H,4-11,14-16,31H2,(H,32,33)(H,34,41)(H,42,43)/t22-,23?/m0/s1. The largest absolute Gasteiger partial charge is 0.508 e. The topological polar surface area (TPSA) is 204 Å². The van der Waals surface area contributed by atoms with Gasteiger partial charge in [-0.25, -0.2) is 9.79 Å². The summed E-state index contributed by atoms with van der Waals surface area (Å²) in [6.07, 6.45) is 0.219. The van der Waals surface area contributed by atoms with Crippen LogP contribution in [-0.2, 0) is 17.8 Å². The fraction of sp³-hybridized carbons (Fsp3) is 0.464. The maximum absolute atomic E-state index is 13.2. The molecule has 1 amide bonds. The second-order valence-corrected chi connectivity index (χ2v) is 10.7. The van der Waals surface area contributed by atoms with Crippen LogP contribution in [0.3, 0.4) is 0 Å². The normalized spacial score (nSPS) is 15.0. The third-order valence-electron chi connectivity index (χ3n) is 7.03. The zero-order chi connectivity index (χ0) is 31.5. The van der Waals surface area contributed by atoms with Gasteiger partial charge in [0.25, 0.3) is 5.91 Å². The Labute approximate surface area is 259 Å². The maximum Gasteiger partial charge on any atom is 0.328 e. The van der Waals surface area contributed by atoms with E-state index in [4.69, 9.17) is 28.9 Å². The van der Waals surface area contributed by atoms with Crippen LogP contribution in [0.5, 0.6) is 5.75 Å². The number of phenols is 1. The molecule has 0 saturated heterocycles. The molecule has 2 atom stereocenters. The van der Waals surface area contributed by atoms with Crippen LogP contribution in [0.4, 0.5) is 0 Å². The molecule has 0 radical (unpaired) electrons. The fourth-order valence-electron chi connectivity index (χ4n) is 4.86. The van der Waals surface area contributed by atoms with E-state index in [1.165, 1.54) is 11.0 Å². The molecule has 15 heteroatoms. The van der Waals surface area contributed by atoms with Crippen LogP contribution in [0.15, 0.2) is 35.3 Å². The number of hydrogen-bond donors (Lipinski definition) is 8. The number of nitrogens with two attached hydrogens (primary N) is 1. The number of benzene rings is 2. The van der Waals surface area contributed by atoms with Gasteiger partial charge in [0.2, 0.25) is 0 Å². The van der Waals surface area contributed by atoms with Gasteiger partial charge in [-0.2, -0.15) is 0 Å². The Kier molecular flexibility index (Phi) is 13.3. The lowest BCUT2D eigenvalue weighted by Crippen LogP contribution is -2.52. The van der Waals surface area contributed by atoms with Crippen molar-refractivity contribution in [2.75, 3.05) is 52.6 Å². The number of carbonyl (C=O) groups is 2. The number of halogens is 2. The van der Waals surface area contributed by atoms with Crippen molar-refractivity contribution in [2.45, 2.75) is 31.5 Å². The number of guanidine groups is 1. The first-order valence-electron chi connectivity index (χ1n) is 13.8. The first-order chi connectivity index (χ1) is 20.6. The minimum atomic E-state index is -1.41. The van der Waals surface area contributed by atoms with Gasteiger partial charge in [-0.3, -0.25) is 9.69 Å². The van der Waals surface area contributed by atoms with Gasteiger partial charge in [0.1, 0.15) is 11.8 Å². The molecule has 3 rings (SSSR count). The van der Waals surface area contributed by atoms with Gasteiger partial charge in [0.15, 0.2) is 5.96 Å². The molecule has 1 aliphatic rings. The SMILES string of the molecule is NCN=C(NC[C@H](NC(=O)c1c(Cl)cc2c(c1Cl)CCN(CCC(O)c1cccc(O)c1)C2)C(=O)O)N(CCO)CCO. The molecule has 0 saturated carbocycles. The summed E-state index contributed by atoms with van der Waals surface area (Å²) in [4.78, 5) is 32.9.